The van der Waals surface area contributed by atoms with Crippen molar-refractivity contribution in [3.8, 4) is 0 Å². The highest BCUT2D eigenvalue weighted by atomic mass is 16.6. The maximum atomic E-state index is 11.0. The fourth-order valence-corrected chi connectivity index (χ4v) is 1.31. The molecule has 2 unspecified atom stereocenters. The predicted molar refractivity (Wildman–Crippen MR) is 40.1 cm³/mol. The standard InChI is InChI=1S/C8H6O7/c9-5-1-3(7(11)14-5)13-4-2-6(10)15-8(4)12/h3-4H,1-2H2. The molecule has 7 heteroatoms. The first-order valence-corrected chi connectivity index (χ1v) is 4.21. The molecule has 2 fully saturated rings. The van der Waals surface area contributed by atoms with E-state index < -0.39 is 36.1 Å². The van der Waals surface area contributed by atoms with Crippen LogP contribution in [0, 0.1) is 0 Å². The van der Waals surface area contributed by atoms with Crippen LogP contribution in [0.2, 0.25) is 0 Å². The van der Waals surface area contributed by atoms with Crippen LogP contribution >= 0.6 is 0 Å². The third kappa shape index (κ3) is 1.86. The summed E-state index contributed by atoms with van der Waals surface area (Å²) in [5.74, 6) is -3.09. The van der Waals surface area contributed by atoms with E-state index in [1.165, 1.54) is 0 Å². The summed E-state index contributed by atoms with van der Waals surface area (Å²) < 4.78 is 13.4. The van der Waals surface area contributed by atoms with Gasteiger partial charge in [-0.2, -0.15) is 0 Å². The van der Waals surface area contributed by atoms with Crippen molar-refractivity contribution < 1.29 is 33.4 Å². The molecule has 0 aromatic rings. The zero-order valence-electron chi connectivity index (χ0n) is 7.43. The van der Waals surface area contributed by atoms with Gasteiger partial charge in [-0.15, -0.1) is 0 Å². The topological polar surface area (TPSA) is 96.0 Å². The van der Waals surface area contributed by atoms with E-state index in [9.17, 15) is 19.2 Å². The van der Waals surface area contributed by atoms with Crippen molar-refractivity contribution in [2.24, 2.45) is 0 Å². The molecule has 0 amide bonds. The molecule has 0 aromatic carbocycles. The van der Waals surface area contributed by atoms with E-state index >= 15 is 0 Å². The van der Waals surface area contributed by atoms with Gasteiger partial charge in [0.2, 0.25) is 0 Å². The second kappa shape index (κ2) is 3.43. The molecule has 2 aliphatic heterocycles. The Morgan fingerprint density at radius 3 is 1.53 bits per heavy atom. The van der Waals surface area contributed by atoms with Gasteiger partial charge in [-0.05, 0) is 0 Å². The number of hydrogen-bond donors (Lipinski definition) is 0. The summed E-state index contributed by atoms with van der Waals surface area (Å²) in [6.07, 6.45) is -2.70. The summed E-state index contributed by atoms with van der Waals surface area (Å²) in [5.41, 5.74) is 0. The fourth-order valence-electron chi connectivity index (χ4n) is 1.31. The molecule has 2 saturated heterocycles. The second-order valence-electron chi connectivity index (χ2n) is 3.11. The van der Waals surface area contributed by atoms with Crippen LogP contribution in [0.25, 0.3) is 0 Å². The monoisotopic (exact) mass is 214 g/mol. The van der Waals surface area contributed by atoms with Crippen LogP contribution < -0.4 is 0 Å². The van der Waals surface area contributed by atoms with Gasteiger partial charge >= 0.3 is 23.9 Å². The lowest BCUT2D eigenvalue weighted by molar-refractivity contribution is -0.160. The van der Waals surface area contributed by atoms with E-state index in [2.05, 4.69) is 9.47 Å². The first-order chi connectivity index (χ1) is 7.06. The molecule has 0 radical (unpaired) electrons. The first-order valence-electron chi connectivity index (χ1n) is 4.21. The van der Waals surface area contributed by atoms with E-state index in [0.29, 0.717) is 0 Å². The van der Waals surface area contributed by atoms with Gasteiger partial charge in [-0.3, -0.25) is 9.59 Å². The minimum absolute atomic E-state index is 0.239. The van der Waals surface area contributed by atoms with Gasteiger partial charge in [-0.1, -0.05) is 0 Å². The molecular formula is C8H6O7. The predicted octanol–water partition coefficient (Wildman–Crippen LogP) is -1.31. The van der Waals surface area contributed by atoms with E-state index in [-0.39, 0.29) is 12.8 Å². The third-order valence-corrected chi connectivity index (χ3v) is 1.99. The minimum Gasteiger partial charge on any atom is -0.391 e. The lowest BCUT2D eigenvalue weighted by Gasteiger charge is -2.09. The van der Waals surface area contributed by atoms with Crippen molar-refractivity contribution in [2.75, 3.05) is 0 Å². The molecule has 15 heavy (non-hydrogen) atoms. The maximum absolute atomic E-state index is 11.0. The van der Waals surface area contributed by atoms with Gasteiger partial charge in [0.15, 0.2) is 12.2 Å². The SMILES string of the molecule is O=C1CC(OC2CC(=O)OC2=O)C(=O)O1. The maximum Gasteiger partial charge on any atom is 0.343 e. The Bertz CT molecular complexity index is 324. The Hall–Kier alpha value is -1.76. The number of hydrogen-bond acceptors (Lipinski definition) is 7. The molecule has 0 saturated carbocycles. The molecular weight excluding hydrogens is 208 g/mol. The first kappa shape index (κ1) is 9.78. The smallest absolute Gasteiger partial charge is 0.343 e. The number of ether oxygens (including phenoxy) is 3. The van der Waals surface area contributed by atoms with Crippen LogP contribution in [0.15, 0.2) is 0 Å². The van der Waals surface area contributed by atoms with E-state index in [1.54, 1.807) is 0 Å². The number of carbonyl (C=O) groups excluding carboxylic acids is 4. The van der Waals surface area contributed by atoms with Gasteiger partial charge in [0.1, 0.15) is 0 Å². The lowest BCUT2D eigenvalue weighted by atomic mass is 10.2. The molecule has 2 rings (SSSR count). The summed E-state index contributed by atoms with van der Waals surface area (Å²) in [6.45, 7) is 0. The van der Waals surface area contributed by atoms with Crippen LogP contribution in [0.4, 0.5) is 0 Å². The highest BCUT2D eigenvalue weighted by Crippen LogP contribution is 2.19. The highest BCUT2D eigenvalue weighted by Gasteiger charge is 2.42. The van der Waals surface area contributed by atoms with Crippen molar-refractivity contribution in [2.45, 2.75) is 25.0 Å². The Balaban J connectivity index is 1.98. The Labute approximate surface area is 83.3 Å². The Kier molecular flexibility index (Phi) is 2.24. The van der Waals surface area contributed by atoms with E-state index in [1.807, 2.05) is 0 Å². The molecule has 7 nitrogen and oxygen atoms in total. The zero-order valence-corrected chi connectivity index (χ0v) is 7.43. The number of rotatable bonds is 2. The molecule has 2 atom stereocenters. The molecule has 2 aliphatic rings. The average Bonchev–Trinajstić information content (AvgIpc) is 2.58. The molecule has 0 bridgehead atoms. The summed E-state index contributed by atoms with van der Waals surface area (Å²) >= 11 is 0. The number of carbonyl (C=O) groups is 4. The molecule has 2 heterocycles. The minimum atomic E-state index is -1.11. The van der Waals surface area contributed by atoms with Gasteiger partial charge in [0.05, 0.1) is 12.8 Å². The van der Waals surface area contributed by atoms with Crippen LogP contribution in [-0.2, 0) is 33.4 Å². The lowest BCUT2D eigenvalue weighted by Crippen LogP contribution is -2.28. The van der Waals surface area contributed by atoms with Crippen LogP contribution in [0.3, 0.4) is 0 Å². The quantitative estimate of drug-likeness (QED) is 0.415. The van der Waals surface area contributed by atoms with Crippen LogP contribution in [-0.4, -0.2) is 36.1 Å². The summed E-state index contributed by atoms with van der Waals surface area (Å²) in [4.78, 5) is 43.3. The highest BCUT2D eigenvalue weighted by molar-refractivity contribution is 5.98. The van der Waals surface area contributed by atoms with Gasteiger partial charge in [0.25, 0.3) is 0 Å². The van der Waals surface area contributed by atoms with Crippen molar-refractivity contribution in [1.29, 1.82) is 0 Å². The molecule has 0 aromatic heterocycles. The molecule has 0 N–H and O–H groups in total. The van der Waals surface area contributed by atoms with Gasteiger partial charge in [0, 0.05) is 0 Å². The van der Waals surface area contributed by atoms with E-state index in [0.717, 1.165) is 0 Å². The fraction of sp³-hybridized carbons (Fsp3) is 0.500. The van der Waals surface area contributed by atoms with Crippen molar-refractivity contribution >= 4 is 23.9 Å². The molecule has 0 aliphatic carbocycles. The summed E-state index contributed by atoms with van der Waals surface area (Å²) in [6, 6.07) is 0. The van der Waals surface area contributed by atoms with Gasteiger partial charge < -0.3 is 14.2 Å². The molecule has 80 valence electrons. The van der Waals surface area contributed by atoms with E-state index in [4.69, 9.17) is 4.74 Å². The average molecular weight is 214 g/mol. The molecule has 0 spiro atoms. The Morgan fingerprint density at radius 1 is 0.867 bits per heavy atom. The number of esters is 4. The van der Waals surface area contributed by atoms with Crippen molar-refractivity contribution in [1.82, 2.24) is 0 Å². The Morgan fingerprint density at radius 2 is 1.27 bits per heavy atom. The summed E-state index contributed by atoms with van der Waals surface area (Å²) in [5, 5.41) is 0. The van der Waals surface area contributed by atoms with Crippen molar-refractivity contribution in [3.05, 3.63) is 0 Å². The third-order valence-electron chi connectivity index (χ3n) is 1.99. The largest absolute Gasteiger partial charge is 0.391 e. The van der Waals surface area contributed by atoms with Gasteiger partial charge in [-0.25, -0.2) is 9.59 Å². The van der Waals surface area contributed by atoms with Crippen LogP contribution in [0.5, 0.6) is 0 Å². The summed E-state index contributed by atoms with van der Waals surface area (Å²) in [7, 11) is 0. The second-order valence-corrected chi connectivity index (χ2v) is 3.11. The van der Waals surface area contributed by atoms with Crippen molar-refractivity contribution in [3.63, 3.8) is 0 Å². The number of cyclic esters (lactones) is 4. The normalized spacial score (nSPS) is 30.7. The zero-order chi connectivity index (χ0) is 11.0. The van der Waals surface area contributed by atoms with Crippen LogP contribution in [0.1, 0.15) is 12.8 Å².